The Morgan fingerprint density at radius 1 is 1.19 bits per heavy atom. The predicted octanol–water partition coefficient (Wildman–Crippen LogP) is 4.72. The number of hydrogen-bond acceptors (Lipinski definition) is 3. The van der Waals surface area contributed by atoms with Crippen molar-refractivity contribution in [3.8, 4) is 11.5 Å². The third-order valence-corrected chi connectivity index (χ3v) is 5.06. The molecule has 1 N–H and O–H groups in total. The quantitative estimate of drug-likeness (QED) is 0.836. The van der Waals surface area contributed by atoms with Crippen molar-refractivity contribution in [2.75, 3.05) is 6.61 Å². The molecule has 0 saturated carbocycles. The molecule has 0 spiro atoms. The topological polar surface area (TPSA) is 55.8 Å². The second kappa shape index (κ2) is 6.48. The molecule has 2 aromatic carbocycles. The van der Waals surface area contributed by atoms with Crippen molar-refractivity contribution in [1.29, 1.82) is 0 Å². The van der Waals surface area contributed by atoms with Crippen molar-refractivity contribution in [1.82, 2.24) is 0 Å². The first-order chi connectivity index (χ1) is 12.8. The molecular formula is C20H17F3O4. The summed E-state index contributed by atoms with van der Waals surface area (Å²) in [5, 5.41) is 8.96. The third-order valence-electron chi connectivity index (χ3n) is 5.06. The van der Waals surface area contributed by atoms with E-state index in [4.69, 9.17) is 14.6 Å². The number of carbonyl (C=O) groups is 1. The molecule has 0 aromatic heterocycles. The van der Waals surface area contributed by atoms with E-state index < -0.39 is 17.7 Å². The van der Waals surface area contributed by atoms with E-state index >= 15 is 0 Å². The van der Waals surface area contributed by atoms with Gasteiger partial charge in [0.05, 0.1) is 18.6 Å². The van der Waals surface area contributed by atoms with Crippen molar-refractivity contribution in [2.45, 2.75) is 37.5 Å². The number of rotatable bonds is 4. The Morgan fingerprint density at radius 2 is 1.96 bits per heavy atom. The SMILES string of the molecule is O=C(O)C[C@@H]1COc2cc(O[C@@H]3CCc4cc(C(F)(F)F)ccc43)ccc21. The molecule has 2 atom stereocenters. The molecule has 4 nitrogen and oxygen atoms in total. The number of fused-ring (bicyclic) bond motifs is 2. The van der Waals surface area contributed by atoms with Crippen LogP contribution in [0.3, 0.4) is 0 Å². The normalized spacial score (nSPS) is 20.7. The van der Waals surface area contributed by atoms with Crippen LogP contribution in [0.5, 0.6) is 11.5 Å². The summed E-state index contributed by atoms with van der Waals surface area (Å²) in [6.45, 7) is 0.317. The predicted molar refractivity (Wildman–Crippen MR) is 90.1 cm³/mol. The average Bonchev–Trinajstić information content (AvgIpc) is 3.18. The number of aliphatic carboxylic acids is 1. The molecule has 142 valence electrons. The monoisotopic (exact) mass is 378 g/mol. The maximum Gasteiger partial charge on any atom is 0.416 e. The number of carboxylic acids is 1. The van der Waals surface area contributed by atoms with Gasteiger partial charge in [0.1, 0.15) is 17.6 Å². The number of halogens is 3. The van der Waals surface area contributed by atoms with Crippen molar-refractivity contribution in [3.05, 3.63) is 58.7 Å². The van der Waals surface area contributed by atoms with Gasteiger partial charge in [-0.15, -0.1) is 0 Å². The number of hydrogen-bond donors (Lipinski definition) is 1. The Morgan fingerprint density at radius 3 is 2.70 bits per heavy atom. The Balaban J connectivity index is 1.51. The van der Waals surface area contributed by atoms with Gasteiger partial charge >= 0.3 is 12.1 Å². The Kier molecular flexibility index (Phi) is 4.25. The van der Waals surface area contributed by atoms with Crippen LogP contribution in [0, 0.1) is 0 Å². The fourth-order valence-electron chi connectivity index (χ4n) is 3.75. The molecule has 1 aliphatic carbocycles. The highest BCUT2D eigenvalue weighted by Crippen LogP contribution is 2.42. The highest BCUT2D eigenvalue weighted by Gasteiger charge is 2.33. The van der Waals surface area contributed by atoms with Crippen LogP contribution in [0.1, 0.15) is 47.1 Å². The summed E-state index contributed by atoms with van der Waals surface area (Å²) in [6.07, 6.45) is -3.51. The van der Waals surface area contributed by atoms with E-state index in [2.05, 4.69) is 0 Å². The van der Waals surface area contributed by atoms with Gasteiger partial charge < -0.3 is 14.6 Å². The number of benzene rings is 2. The molecule has 0 unspecified atom stereocenters. The maximum absolute atomic E-state index is 12.9. The fourth-order valence-corrected chi connectivity index (χ4v) is 3.75. The van der Waals surface area contributed by atoms with Gasteiger partial charge in [-0.1, -0.05) is 12.1 Å². The summed E-state index contributed by atoms with van der Waals surface area (Å²) in [7, 11) is 0. The highest BCUT2D eigenvalue weighted by molar-refractivity contribution is 5.68. The minimum Gasteiger partial charge on any atom is -0.492 e. The van der Waals surface area contributed by atoms with E-state index in [0.717, 1.165) is 17.2 Å². The molecule has 0 radical (unpaired) electrons. The minimum absolute atomic E-state index is 0.00471. The second-order valence-electron chi connectivity index (χ2n) is 6.86. The summed E-state index contributed by atoms with van der Waals surface area (Å²) in [5.41, 5.74) is 1.63. The van der Waals surface area contributed by atoms with Gasteiger partial charge in [-0.05, 0) is 42.2 Å². The van der Waals surface area contributed by atoms with Crippen LogP contribution in [0.4, 0.5) is 13.2 Å². The first kappa shape index (κ1) is 17.7. The number of alkyl halides is 3. The van der Waals surface area contributed by atoms with E-state index in [1.807, 2.05) is 0 Å². The summed E-state index contributed by atoms with van der Waals surface area (Å²) >= 11 is 0. The summed E-state index contributed by atoms with van der Waals surface area (Å²) in [6, 6.07) is 9.05. The van der Waals surface area contributed by atoms with E-state index in [-0.39, 0.29) is 18.4 Å². The summed E-state index contributed by atoms with van der Waals surface area (Å²) in [5.74, 6) is 0.101. The Bertz CT molecular complexity index is 891. The Hall–Kier alpha value is -2.70. The van der Waals surface area contributed by atoms with Gasteiger partial charge in [-0.25, -0.2) is 0 Å². The van der Waals surface area contributed by atoms with Gasteiger partial charge in [0.2, 0.25) is 0 Å². The standard InChI is InChI=1S/C20H17F3O4/c21-20(22,23)13-2-4-15-11(7-13)1-6-17(15)27-14-3-5-16-12(8-19(24)25)10-26-18(16)9-14/h2-5,7,9,12,17H,1,6,8,10H2,(H,24,25)/t12-,17-/m1/s1. The van der Waals surface area contributed by atoms with Crippen molar-refractivity contribution in [3.63, 3.8) is 0 Å². The number of carboxylic acid groups (broad SMARTS) is 1. The van der Waals surface area contributed by atoms with Gasteiger partial charge in [0.25, 0.3) is 0 Å². The minimum atomic E-state index is -4.35. The molecule has 2 aromatic rings. The van der Waals surface area contributed by atoms with Crippen LogP contribution in [0.15, 0.2) is 36.4 Å². The molecule has 1 aliphatic heterocycles. The lowest BCUT2D eigenvalue weighted by atomic mass is 9.98. The number of aryl methyl sites for hydroxylation is 1. The Labute approximate surface area is 153 Å². The van der Waals surface area contributed by atoms with E-state index in [1.54, 1.807) is 18.2 Å². The second-order valence-corrected chi connectivity index (χ2v) is 6.86. The molecule has 0 saturated heterocycles. The molecule has 0 fully saturated rings. The zero-order valence-corrected chi connectivity index (χ0v) is 14.3. The average molecular weight is 378 g/mol. The first-order valence-corrected chi connectivity index (χ1v) is 8.66. The van der Waals surface area contributed by atoms with Crippen LogP contribution in [-0.2, 0) is 17.4 Å². The van der Waals surface area contributed by atoms with E-state index in [1.165, 1.54) is 12.1 Å². The molecular weight excluding hydrogens is 361 g/mol. The van der Waals surface area contributed by atoms with E-state index in [0.29, 0.717) is 36.5 Å². The van der Waals surface area contributed by atoms with Crippen molar-refractivity contribution < 1.29 is 32.5 Å². The lowest BCUT2D eigenvalue weighted by Gasteiger charge is -2.16. The molecule has 2 aliphatic rings. The van der Waals surface area contributed by atoms with Gasteiger partial charge in [0.15, 0.2) is 0 Å². The lowest BCUT2D eigenvalue weighted by Crippen LogP contribution is -2.07. The van der Waals surface area contributed by atoms with Crippen LogP contribution in [0.2, 0.25) is 0 Å². The smallest absolute Gasteiger partial charge is 0.416 e. The molecule has 7 heteroatoms. The van der Waals surface area contributed by atoms with Crippen molar-refractivity contribution >= 4 is 5.97 Å². The summed E-state index contributed by atoms with van der Waals surface area (Å²) < 4.78 is 50.1. The molecule has 1 heterocycles. The van der Waals surface area contributed by atoms with Crippen LogP contribution in [-0.4, -0.2) is 17.7 Å². The van der Waals surface area contributed by atoms with Gasteiger partial charge in [-0.2, -0.15) is 13.2 Å². The van der Waals surface area contributed by atoms with Crippen LogP contribution >= 0.6 is 0 Å². The lowest BCUT2D eigenvalue weighted by molar-refractivity contribution is -0.138. The first-order valence-electron chi connectivity index (χ1n) is 8.66. The van der Waals surface area contributed by atoms with Crippen molar-refractivity contribution in [2.24, 2.45) is 0 Å². The zero-order chi connectivity index (χ0) is 19.2. The molecule has 0 bridgehead atoms. The third kappa shape index (κ3) is 3.46. The van der Waals surface area contributed by atoms with E-state index in [9.17, 15) is 18.0 Å². The number of ether oxygens (including phenoxy) is 2. The molecule has 4 rings (SSSR count). The van der Waals surface area contributed by atoms with Gasteiger partial charge in [-0.3, -0.25) is 4.79 Å². The van der Waals surface area contributed by atoms with Gasteiger partial charge in [0, 0.05) is 17.5 Å². The maximum atomic E-state index is 12.9. The zero-order valence-electron chi connectivity index (χ0n) is 14.3. The largest absolute Gasteiger partial charge is 0.492 e. The summed E-state index contributed by atoms with van der Waals surface area (Å²) in [4.78, 5) is 10.9. The molecule has 0 amide bonds. The highest BCUT2D eigenvalue weighted by atomic mass is 19.4. The molecule has 27 heavy (non-hydrogen) atoms. The fraction of sp³-hybridized carbons (Fsp3) is 0.350. The van der Waals surface area contributed by atoms with Crippen LogP contribution in [0.25, 0.3) is 0 Å². The van der Waals surface area contributed by atoms with Crippen LogP contribution < -0.4 is 9.47 Å².